The molecular weight excluding hydrogens is 327 g/mol. The van der Waals surface area contributed by atoms with Crippen LogP contribution in [0.1, 0.15) is 15.9 Å². The Morgan fingerprint density at radius 2 is 2.22 bits per heavy atom. The quantitative estimate of drug-likeness (QED) is 0.813. The van der Waals surface area contributed by atoms with Crippen molar-refractivity contribution in [1.29, 1.82) is 0 Å². The molecule has 0 radical (unpaired) electrons. The number of carbonyl (C=O) groups is 2. The highest BCUT2D eigenvalue weighted by molar-refractivity contribution is 5.98. The van der Waals surface area contributed by atoms with Gasteiger partial charge in [0.2, 0.25) is 0 Å². The predicted octanol–water partition coefficient (Wildman–Crippen LogP) is 1.38. The number of rotatable bonds is 6. The number of ether oxygens (including phenoxy) is 1. The number of carbonyl (C=O) groups excluding carboxylic acids is 1. The SMILES string of the molecule is Cl.NC/C(=C\F)COc1ccc2c(c1)C(=O)N(CC(=O)O)CC2. The average molecular weight is 345 g/mol. The molecule has 2 rings (SSSR count). The minimum Gasteiger partial charge on any atom is -0.489 e. The van der Waals surface area contributed by atoms with Crippen molar-refractivity contribution >= 4 is 24.3 Å². The van der Waals surface area contributed by atoms with Crippen molar-refractivity contribution in [3.05, 3.63) is 41.2 Å². The number of amides is 1. The van der Waals surface area contributed by atoms with Gasteiger partial charge in [-0.05, 0) is 24.1 Å². The highest BCUT2D eigenvalue weighted by Crippen LogP contribution is 2.24. The maximum atomic E-state index is 12.4. The van der Waals surface area contributed by atoms with Gasteiger partial charge < -0.3 is 20.5 Å². The maximum absolute atomic E-state index is 12.4. The monoisotopic (exact) mass is 344 g/mol. The summed E-state index contributed by atoms with van der Waals surface area (Å²) in [7, 11) is 0. The molecule has 0 saturated carbocycles. The molecule has 126 valence electrons. The third-order valence-corrected chi connectivity index (χ3v) is 3.42. The van der Waals surface area contributed by atoms with Crippen LogP contribution in [0.4, 0.5) is 4.39 Å². The van der Waals surface area contributed by atoms with Crippen LogP contribution < -0.4 is 10.5 Å². The van der Waals surface area contributed by atoms with E-state index < -0.39 is 5.97 Å². The average Bonchev–Trinajstić information content (AvgIpc) is 2.51. The van der Waals surface area contributed by atoms with E-state index in [0.717, 1.165) is 5.56 Å². The van der Waals surface area contributed by atoms with Crippen LogP contribution in [0.25, 0.3) is 0 Å². The minimum absolute atomic E-state index is 0. The number of carboxylic acid groups (broad SMARTS) is 1. The van der Waals surface area contributed by atoms with Gasteiger partial charge >= 0.3 is 5.97 Å². The van der Waals surface area contributed by atoms with Crippen molar-refractivity contribution in [2.45, 2.75) is 6.42 Å². The van der Waals surface area contributed by atoms with Gasteiger partial charge in [-0.2, -0.15) is 0 Å². The summed E-state index contributed by atoms with van der Waals surface area (Å²) in [5.41, 5.74) is 6.91. The molecule has 3 N–H and O–H groups in total. The number of nitrogens with two attached hydrogens (primary N) is 1. The summed E-state index contributed by atoms with van der Waals surface area (Å²) < 4.78 is 17.8. The molecule has 0 aliphatic carbocycles. The fourth-order valence-corrected chi connectivity index (χ4v) is 2.21. The lowest BCUT2D eigenvalue weighted by molar-refractivity contribution is -0.137. The lowest BCUT2D eigenvalue weighted by Crippen LogP contribution is -2.40. The summed E-state index contributed by atoms with van der Waals surface area (Å²) in [5.74, 6) is -0.976. The van der Waals surface area contributed by atoms with E-state index in [1.807, 2.05) is 0 Å². The number of hydrogen-bond donors (Lipinski definition) is 2. The van der Waals surface area contributed by atoms with Crippen molar-refractivity contribution in [2.24, 2.45) is 5.73 Å². The number of aliphatic carboxylic acids is 1. The molecule has 0 saturated heterocycles. The van der Waals surface area contributed by atoms with Crippen LogP contribution in [0.2, 0.25) is 0 Å². The van der Waals surface area contributed by atoms with Crippen LogP contribution >= 0.6 is 12.4 Å². The zero-order valence-electron chi connectivity index (χ0n) is 12.3. The van der Waals surface area contributed by atoms with E-state index in [2.05, 4.69) is 0 Å². The van der Waals surface area contributed by atoms with E-state index >= 15 is 0 Å². The van der Waals surface area contributed by atoms with Gasteiger partial charge in [0.1, 0.15) is 18.9 Å². The smallest absolute Gasteiger partial charge is 0.323 e. The number of nitrogens with zero attached hydrogens (tertiary/aromatic N) is 1. The molecule has 1 amide bonds. The molecule has 0 unspecified atom stereocenters. The summed E-state index contributed by atoms with van der Waals surface area (Å²) in [6.45, 7) is 0.0943. The molecule has 0 spiro atoms. The van der Waals surface area contributed by atoms with E-state index in [0.29, 0.717) is 36.2 Å². The van der Waals surface area contributed by atoms with Gasteiger partial charge in [-0.1, -0.05) is 6.07 Å². The van der Waals surface area contributed by atoms with Crippen molar-refractivity contribution in [2.75, 3.05) is 26.2 Å². The highest BCUT2D eigenvalue weighted by Gasteiger charge is 2.26. The molecule has 6 nitrogen and oxygen atoms in total. The Kier molecular flexibility index (Phi) is 6.99. The molecule has 1 aliphatic heterocycles. The van der Waals surface area contributed by atoms with Gasteiger partial charge in [-0.3, -0.25) is 9.59 Å². The van der Waals surface area contributed by atoms with Gasteiger partial charge in [-0.15, -0.1) is 12.4 Å². The summed E-state index contributed by atoms with van der Waals surface area (Å²) in [6, 6.07) is 5.02. The second kappa shape index (κ2) is 8.50. The van der Waals surface area contributed by atoms with Crippen molar-refractivity contribution in [3.8, 4) is 5.75 Å². The topological polar surface area (TPSA) is 92.9 Å². The molecule has 1 aliphatic rings. The van der Waals surface area contributed by atoms with E-state index in [1.54, 1.807) is 18.2 Å². The van der Waals surface area contributed by atoms with Crippen LogP contribution in [0.5, 0.6) is 5.75 Å². The molecule has 8 heteroatoms. The highest BCUT2D eigenvalue weighted by atomic mass is 35.5. The zero-order chi connectivity index (χ0) is 16.1. The van der Waals surface area contributed by atoms with Crippen LogP contribution in [-0.2, 0) is 11.2 Å². The molecule has 0 aromatic heterocycles. The van der Waals surface area contributed by atoms with E-state index in [4.69, 9.17) is 15.6 Å². The Hall–Kier alpha value is -2.12. The number of halogens is 2. The molecule has 23 heavy (non-hydrogen) atoms. The van der Waals surface area contributed by atoms with Crippen LogP contribution in [0.15, 0.2) is 30.1 Å². The van der Waals surface area contributed by atoms with Crippen LogP contribution in [0, 0.1) is 0 Å². The third-order valence-electron chi connectivity index (χ3n) is 3.42. The summed E-state index contributed by atoms with van der Waals surface area (Å²) >= 11 is 0. The van der Waals surface area contributed by atoms with E-state index in [1.165, 1.54) is 4.90 Å². The van der Waals surface area contributed by atoms with E-state index in [-0.39, 0.29) is 38.0 Å². The van der Waals surface area contributed by atoms with Crippen LogP contribution in [-0.4, -0.2) is 48.1 Å². The minimum atomic E-state index is -1.05. The maximum Gasteiger partial charge on any atom is 0.323 e. The fourth-order valence-electron chi connectivity index (χ4n) is 2.21. The summed E-state index contributed by atoms with van der Waals surface area (Å²) in [5, 5.41) is 8.81. The second-order valence-electron chi connectivity index (χ2n) is 4.95. The number of carboxylic acids is 1. The first kappa shape index (κ1) is 18.9. The number of fused-ring (bicyclic) bond motifs is 1. The molecular formula is C15H18ClFN2O4. The van der Waals surface area contributed by atoms with E-state index in [9.17, 15) is 14.0 Å². The lowest BCUT2D eigenvalue weighted by Gasteiger charge is -2.27. The van der Waals surface area contributed by atoms with Gasteiger partial charge in [0.15, 0.2) is 0 Å². The van der Waals surface area contributed by atoms with Gasteiger partial charge in [0, 0.05) is 24.2 Å². The number of hydrogen-bond acceptors (Lipinski definition) is 4. The molecule has 1 aromatic carbocycles. The Bertz CT molecular complexity index is 621. The Morgan fingerprint density at radius 3 is 2.83 bits per heavy atom. The molecule has 0 bridgehead atoms. The van der Waals surface area contributed by atoms with Crippen LogP contribution in [0.3, 0.4) is 0 Å². The molecule has 0 atom stereocenters. The van der Waals surface area contributed by atoms with Crippen molar-refractivity contribution < 1.29 is 23.8 Å². The Labute approximate surface area is 139 Å². The number of benzene rings is 1. The fraction of sp³-hybridized carbons (Fsp3) is 0.333. The zero-order valence-corrected chi connectivity index (χ0v) is 13.1. The first-order valence-corrected chi connectivity index (χ1v) is 6.80. The summed E-state index contributed by atoms with van der Waals surface area (Å²) in [4.78, 5) is 24.3. The standard InChI is InChI=1S/C15H17FN2O4.ClH/c16-6-10(7-17)9-22-12-2-1-11-3-4-18(8-14(19)20)15(21)13(11)5-12;/h1-2,5-6H,3-4,7-9,17H2,(H,19,20);1H/b10-6+;. The third kappa shape index (κ3) is 4.67. The normalized spacial score (nSPS) is 14.1. The Balaban J connectivity index is 0.00000264. The molecule has 0 fully saturated rings. The predicted molar refractivity (Wildman–Crippen MR) is 84.7 cm³/mol. The largest absolute Gasteiger partial charge is 0.489 e. The molecule has 1 heterocycles. The lowest BCUT2D eigenvalue weighted by atomic mass is 9.98. The van der Waals surface area contributed by atoms with Gasteiger partial charge in [0.25, 0.3) is 5.91 Å². The first-order chi connectivity index (χ1) is 10.5. The molecule has 1 aromatic rings. The van der Waals surface area contributed by atoms with Crippen molar-refractivity contribution in [1.82, 2.24) is 4.90 Å². The summed E-state index contributed by atoms with van der Waals surface area (Å²) in [6.07, 6.45) is 0.991. The second-order valence-corrected chi connectivity index (χ2v) is 4.95. The van der Waals surface area contributed by atoms with Crippen molar-refractivity contribution in [3.63, 3.8) is 0 Å². The Morgan fingerprint density at radius 1 is 1.48 bits per heavy atom. The van der Waals surface area contributed by atoms with Gasteiger partial charge in [-0.25, -0.2) is 4.39 Å². The first-order valence-electron chi connectivity index (χ1n) is 6.80. The van der Waals surface area contributed by atoms with Gasteiger partial charge in [0.05, 0.1) is 6.33 Å².